The van der Waals surface area contributed by atoms with E-state index in [4.69, 9.17) is 15.2 Å². The monoisotopic (exact) mass is 267 g/mol. The standard InChI is InChI=1S/C14H25N3O2/c1-12(15)13-5-6-14(16-11-13)17(8-10-19-3)7-4-9-18-2/h5-6,11-12H,4,7-10,15H2,1-3H3. The van der Waals surface area contributed by atoms with Gasteiger partial charge >= 0.3 is 0 Å². The lowest BCUT2D eigenvalue weighted by atomic mass is 10.1. The second-order valence-corrected chi connectivity index (χ2v) is 4.56. The molecule has 0 bridgehead atoms. The summed E-state index contributed by atoms with van der Waals surface area (Å²) in [5, 5.41) is 0. The summed E-state index contributed by atoms with van der Waals surface area (Å²) in [5.74, 6) is 0.956. The van der Waals surface area contributed by atoms with Gasteiger partial charge in [-0.3, -0.25) is 0 Å². The predicted molar refractivity (Wildman–Crippen MR) is 77.4 cm³/mol. The van der Waals surface area contributed by atoms with E-state index in [-0.39, 0.29) is 6.04 Å². The van der Waals surface area contributed by atoms with Gasteiger partial charge in [-0.15, -0.1) is 0 Å². The molecule has 0 radical (unpaired) electrons. The predicted octanol–water partition coefficient (Wildman–Crippen LogP) is 1.59. The fourth-order valence-electron chi connectivity index (χ4n) is 1.80. The highest BCUT2D eigenvalue weighted by atomic mass is 16.5. The molecule has 0 aliphatic rings. The zero-order valence-electron chi connectivity index (χ0n) is 12.1. The van der Waals surface area contributed by atoms with Crippen LogP contribution in [-0.4, -0.2) is 45.5 Å². The molecule has 108 valence electrons. The fraction of sp³-hybridized carbons (Fsp3) is 0.643. The van der Waals surface area contributed by atoms with E-state index in [2.05, 4.69) is 9.88 Å². The third-order valence-electron chi connectivity index (χ3n) is 2.96. The molecule has 0 aromatic carbocycles. The van der Waals surface area contributed by atoms with E-state index < -0.39 is 0 Å². The normalized spacial score (nSPS) is 12.4. The van der Waals surface area contributed by atoms with E-state index in [9.17, 15) is 0 Å². The van der Waals surface area contributed by atoms with Gasteiger partial charge in [-0.2, -0.15) is 0 Å². The highest BCUT2D eigenvalue weighted by Crippen LogP contribution is 2.15. The Balaban J connectivity index is 2.66. The summed E-state index contributed by atoms with van der Waals surface area (Å²) in [6.07, 6.45) is 2.81. The molecular weight excluding hydrogens is 242 g/mol. The Bertz CT molecular complexity index is 341. The molecule has 0 saturated heterocycles. The molecule has 0 spiro atoms. The van der Waals surface area contributed by atoms with Gasteiger partial charge in [-0.05, 0) is 25.0 Å². The number of methoxy groups -OCH3 is 2. The molecule has 1 atom stereocenters. The number of hydrogen-bond acceptors (Lipinski definition) is 5. The van der Waals surface area contributed by atoms with Gasteiger partial charge in [-0.1, -0.05) is 6.07 Å². The van der Waals surface area contributed by atoms with Gasteiger partial charge in [0.2, 0.25) is 0 Å². The first kappa shape index (κ1) is 15.9. The molecule has 0 saturated carbocycles. The lowest BCUT2D eigenvalue weighted by Crippen LogP contribution is -2.29. The highest BCUT2D eigenvalue weighted by molar-refractivity contribution is 5.39. The number of nitrogens with two attached hydrogens (primary N) is 1. The van der Waals surface area contributed by atoms with Gasteiger partial charge in [0.15, 0.2) is 0 Å². The summed E-state index contributed by atoms with van der Waals surface area (Å²) >= 11 is 0. The van der Waals surface area contributed by atoms with Gasteiger partial charge in [0.1, 0.15) is 5.82 Å². The van der Waals surface area contributed by atoms with Crippen LogP contribution < -0.4 is 10.6 Å². The number of hydrogen-bond donors (Lipinski definition) is 1. The summed E-state index contributed by atoms with van der Waals surface area (Å²) < 4.78 is 10.2. The molecule has 0 amide bonds. The third-order valence-corrected chi connectivity index (χ3v) is 2.96. The molecule has 1 aromatic heterocycles. The van der Waals surface area contributed by atoms with Gasteiger partial charge in [0, 0.05) is 46.2 Å². The van der Waals surface area contributed by atoms with Crippen molar-refractivity contribution in [2.24, 2.45) is 5.73 Å². The van der Waals surface area contributed by atoms with Crippen LogP contribution in [0.5, 0.6) is 0 Å². The van der Waals surface area contributed by atoms with Crippen molar-refractivity contribution in [3.8, 4) is 0 Å². The summed E-state index contributed by atoms with van der Waals surface area (Å²) in [4.78, 5) is 6.68. The fourth-order valence-corrected chi connectivity index (χ4v) is 1.80. The van der Waals surface area contributed by atoms with Crippen molar-refractivity contribution in [2.45, 2.75) is 19.4 Å². The Morgan fingerprint density at radius 2 is 1.95 bits per heavy atom. The molecule has 19 heavy (non-hydrogen) atoms. The molecule has 1 aromatic rings. The minimum atomic E-state index is 0.0162. The average Bonchev–Trinajstić information content (AvgIpc) is 2.43. The first-order valence-corrected chi connectivity index (χ1v) is 6.63. The number of anilines is 1. The maximum absolute atomic E-state index is 5.83. The minimum absolute atomic E-state index is 0.0162. The maximum Gasteiger partial charge on any atom is 0.128 e. The quantitative estimate of drug-likeness (QED) is 0.688. The molecule has 0 aliphatic heterocycles. The van der Waals surface area contributed by atoms with Crippen LogP contribution in [0.3, 0.4) is 0 Å². The van der Waals surface area contributed by atoms with Crippen LogP contribution in [0.15, 0.2) is 18.3 Å². The topological polar surface area (TPSA) is 60.6 Å². The highest BCUT2D eigenvalue weighted by Gasteiger charge is 2.08. The van der Waals surface area contributed by atoms with Crippen LogP contribution in [0.1, 0.15) is 24.9 Å². The van der Waals surface area contributed by atoms with Crippen LogP contribution in [0.25, 0.3) is 0 Å². The van der Waals surface area contributed by atoms with E-state index in [1.54, 1.807) is 14.2 Å². The van der Waals surface area contributed by atoms with Crippen molar-refractivity contribution >= 4 is 5.82 Å². The van der Waals surface area contributed by atoms with Crippen LogP contribution in [0.2, 0.25) is 0 Å². The number of nitrogens with zero attached hydrogens (tertiary/aromatic N) is 2. The second kappa shape index (κ2) is 8.85. The summed E-state index contributed by atoms with van der Waals surface area (Å²) in [7, 11) is 3.43. The van der Waals surface area contributed by atoms with Crippen LogP contribution >= 0.6 is 0 Å². The molecule has 1 unspecified atom stereocenters. The van der Waals surface area contributed by atoms with E-state index >= 15 is 0 Å². The molecule has 1 rings (SSSR count). The number of ether oxygens (including phenoxy) is 2. The zero-order valence-corrected chi connectivity index (χ0v) is 12.1. The molecule has 5 nitrogen and oxygen atoms in total. The number of pyridine rings is 1. The summed E-state index contributed by atoms with van der Waals surface area (Å²) in [6.45, 7) is 5.12. The number of aromatic nitrogens is 1. The van der Waals surface area contributed by atoms with Crippen molar-refractivity contribution in [3.05, 3.63) is 23.9 Å². The van der Waals surface area contributed by atoms with E-state index in [1.165, 1.54) is 0 Å². The van der Waals surface area contributed by atoms with Crippen LogP contribution in [0, 0.1) is 0 Å². The molecule has 0 fully saturated rings. The Labute approximate surface area is 115 Å². The Morgan fingerprint density at radius 1 is 1.21 bits per heavy atom. The molecule has 2 N–H and O–H groups in total. The molecular formula is C14H25N3O2. The maximum atomic E-state index is 5.83. The van der Waals surface area contributed by atoms with Crippen molar-refractivity contribution in [2.75, 3.05) is 45.4 Å². The van der Waals surface area contributed by atoms with Crippen LogP contribution in [0.4, 0.5) is 5.82 Å². The van der Waals surface area contributed by atoms with Crippen molar-refractivity contribution in [1.29, 1.82) is 0 Å². The van der Waals surface area contributed by atoms with Crippen molar-refractivity contribution < 1.29 is 9.47 Å². The smallest absolute Gasteiger partial charge is 0.128 e. The summed E-state index contributed by atoms with van der Waals surface area (Å²) in [5.41, 5.74) is 6.88. The third kappa shape index (κ3) is 5.55. The lowest BCUT2D eigenvalue weighted by Gasteiger charge is -2.23. The average molecular weight is 267 g/mol. The first-order chi connectivity index (χ1) is 9.19. The van der Waals surface area contributed by atoms with Gasteiger partial charge < -0.3 is 20.1 Å². The SMILES string of the molecule is COCCCN(CCOC)c1ccc(C(C)N)cn1. The van der Waals surface area contributed by atoms with Gasteiger partial charge in [0.25, 0.3) is 0 Å². The zero-order chi connectivity index (χ0) is 14.1. The van der Waals surface area contributed by atoms with Gasteiger partial charge in [0.05, 0.1) is 6.61 Å². The first-order valence-electron chi connectivity index (χ1n) is 6.63. The molecule has 5 heteroatoms. The minimum Gasteiger partial charge on any atom is -0.385 e. The Hall–Kier alpha value is -1.17. The van der Waals surface area contributed by atoms with E-state index in [0.29, 0.717) is 6.61 Å². The number of rotatable bonds is 9. The molecule has 0 aliphatic carbocycles. The largest absolute Gasteiger partial charge is 0.385 e. The Morgan fingerprint density at radius 3 is 2.47 bits per heavy atom. The van der Waals surface area contributed by atoms with Crippen molar-refractivity contribution in [1.82, 2.24) is 4.98 Å². The van der Waals surface area contributed by atoms with Crippen LogP contribution in [-0.2, 0) is 9.47 Å². The molecule has 1 heterocycles. The van der Waals surface area contributed by atoms with E-state index in [1.807, 2.05) is 25.3 Å². The van der Waals surface area contributed by atoms with E-state index in [0.717, 1.165) is 37.5 Å². The summed E-state index contributed by atoms with van der Waals surface area (Å²) in [6, 6.07) is 4.06. The second-order valence-electron chi connectivity index (χ2n) is 4.56. The Kier molecular flexibility index (Phi) is 7.40. The van der Waals surface area contributed by atoms with Crippen molar-refractivity contribution in [3.63, 3.8) is 0 Å². The lowest BCUT2D eigenvalue weighted by molar-refractivity contribution is 0.191. The van der Waals surface area contributed by atoms with Gasteiger partial charge in [-0.25, -0.2) is 4.98 Å².